The van der Waals surface area contributed by atoms with Crippen LogP contribution < -0.4 is 0 Å². The van der Waals surface area contributed by atoms with Crippen molar-refractivity contribution in [3.05, 3.63) is 22.3 Å². The van der Waals surface area contributed by atoms with Gasteiger partial charge in [0.2, 0.25) is 0 Å². The van der Waals surface area contributed by atoms with Gasteiger partial charge in [0.1, 0.15) is 0 Å². The van der Waals surface area contributed by atoms with E-state index in [0.29, 0.717) is 12.3 Å². The number of hydrogen-bond donors (Lipinski definition) is 0. The highest BCUT2D eigenvalue weighted by Crippen LogP contribution is 1.93. The first-order valence-corrected chi connectivity index (χ1v) is 2.55. The predicted molar refractivity (Wildman–Crippen MR) is 34.8 cm³/mol. The molecule has 0 aromatic heterocycles. The smallest absolute Gasteiger partial charge is 0.0971 e. The summed E-state index contributed by atoms with van der Waals surface area (Å²) in [6.07, 6.45) is 1.76. The Labute approximate surface area is 53.8 Å². The molecule has 0 aromatic carbocycles. The second-order valence-electron chi connectivity index (χ2n) is 1.35. The van der Waals surface area contributed by atoms with Crippen molar-refractivity contribution in [2.45, 2.75) is 6.92 Å². The Balaban J connectivity index is 3.71. The molecule has 0 rings (SSSR count). The van der Waals surface area contributed by atoms with Crippen LogP contribution in [0, 0.1) is 0 Å². The second-order valence-corrected chi connectivity index (χ2v) is 1.35. The molecule has 0 amide bonds. The van der Waals surface area contributed by atoms with Gasteiger partial charge in [0.15, 0.2) is 0 Å². The summed E-state index contributed by atoms with van der Waals surface area (Å²) in [6, 6.07) is 0. The third-order valence-electron chi connectivity index (χ3n) is 0.874. The van der Waals surface area contributed by atoms with E-state index in [4.69, 9.17) is 10.3 Å². The zero-order valence-corrected chi connectivity index (χ0v) is 5.53. The molecule has 9 heavy (non-hydrogen) atoms. The van der Waals surface area contributed by atoms with Gasteiger partial charge in [-0.1, -0.05) is 5.11 Å². The number of ether oxygens (including phenoxy) is 1. The quantitative estimate of drug-likeness (QED) is 0.247. The van der Waals surface area contributed by atoms with Gasteiger partial charge in [-0.2, -0.15) is 0 Å². The number of rotatable bonds is 3. The topological polar surface area (TPSA) is 58.0 Å². The summed E-state index contributed by atoms with van der Waals surface area (Å²) in [4.78, 5) is 2.58. The van der Waals surface area contributed by atoms with Gasteiger partial charge in [0.25, 0.3) is 0 Å². The normalized spacial score (nSPS) is 10.2. The number of nitrogens with zero attached hydrogens (tertiary/aromatic N) is 3. The van der Waals surface area contributed by atoms with E-state index in [1.807, 2.05) is 6.92 Å². The molecule has 0 aliphatic carbocycles. The molecule has 0 atom stereocenters. The third kappa shape index (κ3) is 3.43. The number of methoxy groups -OCH3 is 1. The van der Waals surface area contributed by atoms with E-state index in [1.54, 1.807) is 13.2 Å². The van der Waals surface area contributed by atoms with Crippen LogP contribution in [0.1, 0.15) is 6.92 Å². The van der Waals surface area contributed by atoms with Gasteiger partial charge in [-0.25, -0.2) is 0 Å². The minimum atomic E-state index is 0.295. The maximum absolute atomic E-state index is 7.88. The highest BCUT2D eigenvalue weighted by Gasteiger charge is 1.87. The van der Waals surface area contributed by atoms with Crippen LogP contribution in [-0.2, 0) is 4.74 Å². The summed E-state index contributed by atoms with van der Waals surface area (Å²) in [7, 11) is 1.54. The molecule has 0 aliphatic rings. The first-order chi connectivity index (χ1) is 4.35. The molecular weight excluding hydrogens is 118 g/mol. The molecule has 0 fully saturated rings. The lowest BCUT2D eigenvalue weighted by Gasteiger charge is -1.97. The van der Waals surface area contributed by atoms with Gasteiger partial charge in [-0.05, 0) is 18.5 Å². The molecule has 4 heteroatoms. The van der Waals surface area contributed by atoms with Crippen molar-refractivity contribution in [1.29, 1.82) is 0 Å². The van der Waals surface area contributed by atoms with E-state index >= 15 is 0 Å². The summed E-state index contributed by atoms with van der Waals surface area (Å²) in [5.41, 5.74) is 7.88. The lowest BCUT2D eigenvalue weighted by atomic mass is 10.5. The zero-order chi connectivity index (χ0) is 7.11. The summed E-state index contributed by atoms with van der Waals surface area (Å²) in [5.74, 6) is 0.688. The minimum absolute atomic E-state index is 0.295. The molecule has 0 saturated carbocycles. The van der Waals surface area contributed by atoms with E-state index in [2.05, 4.69) is 10.0 Å². The molecule has 0 bridgehead atoms. The molecule has 0 spiro atoms. The lowest BCUT2D eigenvalue weighted by Crippen LogP contribution is -1.88. The molecule has 0 N–H and O–H groups in total. The number of allylic oxidation sites excluding steroid dienone is 1. The maximum Gasteiger partial charge on any atom is 0.0971 e. The highest BCUT2D eigenvalue weighted by molar-refractivity contribution is 4.92. The Morgan fingerprint density at radius 3 is 2.89 bits per heavy atom. The van der Waals surface area contributed by atoms with E-state index in [-0.39, 0.29) is 0 Å². The largest absolute Gasteiger partial charge is 0.501 e. The fourth-order valence-corrected chi connectivity index (χ4v) is 0.375. The van der Waals surface area contributed by atoms with Crippen molar-refractivity contribution in [3.8, 4) is 0 Å². The van der Waals surface area contributed by atoms with E-state index in [0.717, 1.165) is 0 Å². The molecule has 0 aliphatic heterocycles. The fraction of sp³-hybridized carbons (Fsp3) is 0.600. The zero-order valence-electron chi connectivity index (χ0n) is 5.53. The highest BCUT2D eigenvalue weighted by atomic mass is 16.5. The summed E-state index contributed by atoms with van der Waals surface area (Å²) in [5, 5.41) is 3.30. The summed E-state index contributed by atoms with van der Waals surface area (Å²) < 4.78 is 4.80. The van der Waals surface area contributed by atoms with E-state index in [9.17, 15) is 0 Å². The fourth-order valence-electron chi connectivity index (χ4n) is 0.375. The Morgan fingerprint density at radius 1 is 1.89 bits per heavy atom. The standard InChI is InChI=1S/C5H9N3O/c1-3-5(9-2)4-7-8-6/h3H,4H2,1-2H3/b5-3+. The van der Waals surface area contributed by atoms with Crippen molar-refractivity contribution in [3.63, 3.8) is 0 Å². The van der Waals surface area contributed by atoms with E-state index in [1.165, 1.54) is 0 Å². The minimum Gasteiger partial charge on any atom is -0.501 e. The Hall–Kier alpha value is -1.15. The van der Waals surface area contributed by atoms with Gasteiger partial charge in [-0.3, -0.25) is 0 Å². The second kappa shape index (κ2) is 5.00. The number of azide groups is 1. The van der Waals surface area contributed by atoms with Crippen LogP contribution in [0.2, 0.25) is 0 Å². The van der Waals surface area contributed by atoms with Crippen molar-refractivity contribution in [2.75, 3.05) is 13.7 Å². The SMILES string of the molecule is C/C=C(\CN=[N+]=[N-])OC. The van der Waals surface area contributed by atoms with Crippen LogP contribution in [0.4, 0.5) is 0 Å². The summed E-state index contributed by atoms with van der Waals surface area (Å²) >= 11 is 0. The Morgan fingerprint density at radius 2 is 2.56 bits per heavy atom. The van der Waals surface area contributed by atoms with Crippen molar-refractivity contribution in [2.24, 2.45) is 5.11 Å². The molecule has 0 unspecified atom stereocenters. The first kappa shape index (κ1) is 7.85. The van der Waals surface area contributed by atoms with Gasteiger partial charge in [0.05, 0.1) is 19.4 Å². The van der Waals surface area contributed by atoms with Crippen LogP contribution in [-0.4, -0.2) is 13.7 Å². The van der Waals surface area contributed by atoms with E-state index < -0.39 is 0 Å². The average Bonchev–Trinajstić information content (AvgIpc) is 1.91. The lowest BCUT2D eigenvalue weighted by molar-refractivity contribution is 0.286. The molecule has 0 radical (unpaired) electrons. The van der Waals surface area contributed by atoms with Crippen LogP contribution in [0.3, 0.4) is 0 Å². The predicted octanol–water partition coefficient (Wildman–Crippen LogP) is 1.85. The molecule has 4 nitrogen and oxygen atoms in total. The van der Waals surface area contributed by atoms with Gasteiger partial charge in [-0.15, -0.1) is 0 Å². The average molecular weight is 127 g/mol. The van der Waals surface area contributed by atoms with Crippen LogP contribution in [0.25, 0.3) is 10.4 Å². The molecule has 0 aromatic rings. The molecule has 0 heterocycles. The van der Waals surface area contributed by atoms with Crippen LogP contribution in [0.15, 0.2) is 16.9 Å². The van der Waals surface area contributed by atoms with Crippen molar-refractivity contribution in [1.82, 2.24) is 0 Å². The first-order valence-electron chi connectivity index (χ1n) is 2.55. The van der Waals surface area contributed by atoms with Gasteiger partial charge in [0, 0.05) is 4.91 Å². The van der Waals surface area contributed by atoms with Crippen LogP contribution in [0.5, 0.6) is 0 Å². The molecule has 50 valence electrons. The van der Waals surface area contributed by atoms with Crippen molar-refractivity contribution < 1.29 is 4.74 Å². The van der Waals surface area contributed by atoms with Crippen molar-refractivity contribution >= 4 is 0 Å². The Bertz CT molecular complexity index is 146. The number of hydrogen-bond acceptors (Lipinski definition) is 2. The maximum atomic E-state index is 7.88. The van der Waals surface area contributed by atoms with Gasteiger partial charge >= 0.3 is 0 Å². The molecular formula is C5H9N3O. The van der Waals surface area contributed by atoms with Gasteiger partial charge < -0.3 is 4.74 Å². The Kier molecular flexibility index (Phi) is 4.36. The molecule has 0 saturated heterocycles. The third-order valence-corrected chi connectivity index (χ3v) is 0.874. The monoisotopic (exact) mass is 127 g/mol. The van der Waals surface area contributed by atoms with Crippen LogP contribution >= 0.6 is 0 Å². The summed E-state index contributed by atoms with van der Waals surface area (Å²) in [6.45, 7) is 2.12.